The van der Waals surface area contributed by atoms with Gasteiger partial charge in [-0.15, -0.1) is 6.58 Å². The quantitative estimate of drug-likeness (QED) is 0.535. The molecule has 1 fully saturated rings. The first-order chi connectivity index (χ1) is 9.30. The highest BCUT2D eigenvalue weighted by Crippen LogP contribution is 2.44. The summed E-state index contributed by atoms with van der Waals surface area (Å²) in [5.41, 5.74) is -0.330. The van der Waals surface area contributed by atoms with Gasteiger partial charge in [-0.25, -0.2) is 4.79 Å². The van der Waals surface area contributed by atoms with E-state index in [1.54, 1.807) is 6.08 Å². The van der Waals surface area contributed by atoms with Gasteiger partial charge in [-0.05, 0) is 30.6 Å². The Balaban J connectivity index is 2.59. The molecule has 1 saturated carbocycles. The van der Waals surface area contributed by atoms with Crippen LogP contribution in [-0.4, -0.2) is 29.7 Å². The molecule has 0 saturated heterocycles. The molecule has 3 atom stereocenters. The SMILES string of the molecule is C=CCCNC(=O)NC1CCC(C(=O)O)C(C)(C)C1C. The van der Waals surface area contributed by atoms with Gasteiger partial charge in [0.15, 0.2) is 0 Å². The number of aliphatic carboxylic acids is 1. The van der Waals surface area contributed by atoms with Crippen LogP contribution in [0.4, 0.5) is 4.79 Å². The summed E-state index contributed by atoms with van der Waals surface area (Å²) in [5, 5.41) is 15.0. The first-order valence-electron chi connectivity index (χ1n) is 7.18. The zero-order valence-corrected chi connectivity index (χ0v) is 12.6. The van der Waals surface area contributed by atoms with E-state index in [0.29, 0.717) is 19.4 Å². The molecule has 0 aromatic rings. The number of carbonyl (C=O) groups is 2. The van der Waals surface area contributed by atoms with Crippen LogP contribution in [-0.2, 0) is 4.79 Å². The lowest BCUT2D eigenvalue weighted by molar-refractivity contribution is -0.150. The number of amides is 2. The number of rotatable bonds is 5. The highest BCUT2D eigenvalue weighted by atomic mass is 16.4. The molecule has 3 N–H and O–H groups in total. The van der Waals surface area contributed by atoms with Crippen molar-refractivity contribution < 1.29 is 14.7 Å². The van der Waals surface area contributed by atoms with Gasteiger partial charge >= 0.3 is 12.0 Å². The molecule has 0 radical (unpaired) electrons. The summed E-state index contributed by atoms with van der Waals surface area (Å²) in [6, 6.07) is -0.169. The molecule has 2 amide bonds. The number of carboxylic acid groups (broad SMARTS) is 1. The van der Waals surface area contributed by atoms with Crippen molar-refractivity contribution in [2.75, 3.05) is 6.54 Å². The van der Waals surface area contributed by atoms with Gasteiger partial charge in [0.2, 0.25) is 0 Å². The van der Waals surface area contributed by atoms with Crippen LogP contribution in [0.3, 0.4) is 0 Å². The van der Waals surface area contributed by atoms with Crippen molar-refractivity contribution in [3.63, 3.8) is 0 Å². The summed E-state index contributed by atoms with van der Waals surface area (Å²) in [6.45, 7) is 10.1. The van der Waals surface area contributed by atoms with E-state index in [1.807, 2.05) is 20.8 Å². The van der Waals surface area contributed by atoms with Gasteiger partial charge in [-0.3, -0.25) is 4.79 Å². The topological polar surface area (TPSA) is 78.4 Å². The molecule has 0 heterocycles. The molecular formula is C15H26N2O3. The van der Waals surface area contributed by atoms with Crippen molar-refractivity contribution in [3.8, 4) is 0 Å². The summed E-state index contributed by atoms with van der Waals surface area (Å²) in [7, 11) is 0. The predicted octanol–water partition coefficient (Wildman–Crippen LogP) is 2.39. The van der Waals surface area contributed by atoms with Gasteiger partial charge in [0, 0.05) is 12.6 Å². The Morgan fingerprint density at radius 2 is 2.05 bits per heavy atom. The molecule has 1 rings (SSSR count). The lowest BCUT2D eigenvalue weighted by atomic mass is 9.61. The van der Waals surface area contributed by atoms with E-state index >= 15 is 0 Å². The minimum atomic E-state index is -0.740. The molecule has 0 aromatic heterocycles. The third kappa shape index (κ3) is 3.74. The van der Waals surface area contributed by atoms with Crippen LogP contribution in [0.1, 0.15) is 40.0 Å². The molecule has 0 spiro atoms. The molecule has 114 valence electrons. The monoisotopic (exact) mass is 282 g/mol. The Morgan fingerprint density at radius 3 is 2.60 bits per heavy atom. The Labute approximate surface area is 120 Å². The van der Waals surface area contributed by atoms with Crippen LogP contribution < -0.4 is 10.6 Å². The maximum absolute atomic E-state index is 11.8. The molecule has 20 heavy (non-hydrogen) atoms. The van der Waals surface area contributed by atoms with Crippen LogP contribution in [0.5, 0.6) is 0 Å². The van der Waals surface area contributed by atoms with Gasteiger partial charge in [0.1, 0.15) is 0 Å². The highest BCUT2D eigenvalue weighted by molar-refractivity contribution is 5.74. The number of urea groups is 1. The summed E-state index contributed by atoms with van der Waals surface area (Å²) < 4.78 is 0. The molecule has 0 bridgehead atoms. The number of hydrogen-bond donors (Lipinski definition) is 3. The third-order valence-corrected chi connectivity index (χ3v) is 4.69. The molecule has 5 nitrogen and oxygen atoms in total. The predicted molar refractivity (Wildman–Crippen MR) is 78.4 cm³/mol. The van der Waals surface area contributed by atoms with E-state index < -0.39 is 5.97 Å². The summed E-state index contributed by atoms with van der Waals surface area (Å²) in [4.78, 5) is 23.1. The molecular weight excluding hydrogens is 256 g/mol. The largest absolute Gasteiger partial charge is 0.481 e. The zero-order chi connectivity index (χ0) is 15.3. The van der Waals surface area contributed by atoms with E-state index in [-0.39, 0.29) is 29.3 Å². The zero-order valence-electron chi connectivity index (χ0n) is 12.6. The van der Waals surface area contributed by atoms with Crippen molar-refractivity contribution in [3.05, 3.63) is 12.7 Å². The minimum absolute atomic E-state index is 0.0179. The lowest BCUT2D eigenvalue weighted by Crippen LogP contribution is -2.54. The van der Waals surface area contributed by atoms with E-state index in [2.05, 4.69) is 17.2 Å². The normalized spacial score (nSPS) is 28.4. The van der Waals surface area contributed by atoms with E-state index in [0.717, 1.165) is 6.42 Å². The van der Waals surface area contributed by atoms with Crippen molar-refractivity contribution in [2.24, 2.45) is 17.3 Å². The summed E-state index contributed by atoms with van der Waals surface area (Å²) >= 11 is 0. The average molecular weight is 282 g/mol. The maximum atomic E-state index is 11.8. The standard InChI is InChI=1S/C15H26N2O3/c1-5-6-9-16-14(20)17-12-8-7-11(13(18)19)15(3,4)10(12)2/h5,10-12H,1,6-9H2,2-4H3,(H,18,19)(H2,16,17,20). The fraction of sp³-hybridized carbons (Fsp3) is 0.733. The Hall–Kier alpha value is -1.52. The average Bonchev–Trinajstić information content (AvgIpc) is 2.35. The number of nitrogens with one attached hydrogen (secondary N) is 2. The second kappa shape index (κ2) is 6.77. The molecule has 0 aromatic carbocycles. The number of hydrogen-bond acceptors (Lipinski definition) is 2. The third-order valence-electron chi connectivity index (χ3n) is 4.69. The van der Waals surface area contributed by atoms with Gasteiger partial charge in [-0.1, -0.05) is 26.8 Å². The summed E-state index contributed by atoms with van der Waals surface area (Å²) in [6.07, 6.45) is 3.80. The van der Waals surface area contributed by atoms with Crippen molar-refractivity contribution in [2.45, 2.75) is 46.1 Å². The Kier molecular flexibility index (Phi) is 5.60. The van der Waals surface area contributed by atoms with E-state index in [9.17, 15) is 14.7 Å². The number of carboxylic acids is 1. The van der Waals surface area contributed by atoms with Gasteiger partial charge in [-0.2, -0.15) is 0 Å². The maximum Gasteiger partial charge on any atom is 0.315 e. The minimum Gasteiger partial charge on any atom is -0.481 e. The fourth-order valence-corrected chi connectivity index (χ4v) is 2.95. The van der Waals surface area contributed by atoms with Crippen molar-refractivity contribution in [1.29, 1.82) is 0 Å². The molecule has 0 aliphatic heterocycles. The second-order valence-electron chi connectivity index (χ2n) is 6.16. The smallest absolute Gasteiger partial charge is 0.315 e. The number of carbonyl (C=O) groups excluding carboxylic acids is 1. The van der Waals surface area contributed by atoms with Gasteiger partial charge < -0.3 is 15.7 Å². The fourth-order valence-electron chi connectivity index (χ4n) is 2.95. The van der Waals surface area contributed by atoms with Crippen LogP contribution in [0.2, 0.25) is 0 Å². The van der Waals surface area contributed by atoms with Crippen LogP contribution in [0.15, 0.2) is 12.7 Å². The first kappa shape index (κ1) is 16.5. The van der Waals surface area contributed by atoms with Crippen molar-refractivity contribution >= 4 is 12.0 Å². The van der Waals surface area contributed by atoms with E-state index in [4.69, 9.17) is 0 Å². The molecule has 5 heteroatoms. The van der Waals surface area contributed by atoms with Crippen LogP contribution >= 0.6 is 0 Å². The van der Waals surface area contributed by atoms with Crippen LogP contribution in [0, 0.1) is 17.3 Å². The first-order valence-corrected chi connectivity index (χ1v) is 7.18. The molecule has 1 aliphatic rings. The molecule has 1 aliphatic carbocycles. The van der Waals surface area contributed by atoms with Gasteiger partial charge in [0.05, 0.1) is 5.92 Å². The Bertz CT molecular complexity index is 379. The highest BCUT2D eigenvalue weighted by Gasteiger charge is 2.46. The molecule has 3 unspecified atom stereocenters. The lowest BCUT2D eigenvalue weighted by Gasteiger charge is -2.46. The second-order valence-corrected chi connectivity index (χ2v) is 6.16. The van der Waals surface area contributed by atoms with E-state index in [1.165, 1.54) is 0 Å². The Morgan fingerprint density at radius 1 is 1.40 bits per heavy atom. The summed E-state index contributed by atoms with van der Waals surface area (Å²) in [5.74, 6) is -0.974. The van der Waals surface area contributed by atoms with Gasteiger partial charge in [0.25, 0.3) is 0 Å². The van der Waals surface area contributed by atoms with Crippen molar-refractivity contribution in [1.82, 2.24) is 10.6 Å². The van der Waals surface area contributed by atoms with Crippen LogP contribution in [0.25, 0.3) is 0 Å².